The number of ether oxygens (including phenoxy) is 1. The average molecular weight is 372 g/mol. The van der Waals surface area contributed by atoms with Crippen LogP contribution >= 0.6 is 11.3 Å². The van der Waals surface area contributed by atoms with E-state index in [0.717, 1.165) is 68.7 Å². The number of piperazine rings is 1. The summed E-state index contributed by atoms with van der Waals surface area (Å²) in [5.74, 6) is 0.171. The van der Waals surface area contributed by atoms with E-state index in [0.29, 0.717) is 0 Å². The minimum absolute atomic E-state index is 0.171. The standard InChI is InChI=1S/C19H24N4O2S/c24-18(17-7-4-12-25-17)23-10-8-22(9-11-23)13-16-14-26-19(21-16)20-15-5-2-1-3-6-15/h1-3,5-6,14,17H,4,7-13H2,(H,20,21)/t17-/m0/s1. The SMILES string of the molecule is O=C([C@@H]1CCCO1)N1CCN(Cc2csc(Nc3ccccc3)n2)CC1. The molecule has 0 aliphatic carbocycles. The molecular formula is C19H24N4O2S. The fourth-order valence-corrected chi connectivity index (χ4v) is 4.14. The van der Waals surface area contributed by atoms with Gasteiger partial charge in [0, 0.05) is 50.4 Å². The van der Waals surface area contributed by atoms with Crippen molar-refractivity contribution in [3.8, 4) is 0 Å². The number of rotatable bonds is 5. The molecule has 1 N–H and O–H groups in total. The Morgan fingerprint density at radius 2 is 2.04 bits per heavy atom. The van der Waals surface area contributed by atoms with Gasteiger partial charge in [0.25, 0.3) is 5.91 Å². The van der Waals surface area contributed by atoms with Gasteiger partial charge < -0.3 is 15.0 Å². The molecule has 2 saturated heterocycles. The molecule has 3 heterocycles. The van der Waals surface area contributed by atoms with Crippen molar-refractivity contribution in [3.05, 3.63) is 41.4 Å². The van der Waals surface area contributed by atoms with Gasteiger partial charge >= 0.3 is 0 Å². The first-order valence-electron chi connectivity index (χ1n) is 9.17. The number of benzene rings is 1. The summed E-state index contributed by atoms with van der Waals surface area (Å²) in [4.78, 5) is 21.4. The maximum Gasteiger partial charge on any atom is 0.251 e. The number of anilines is 2. The van der Waals surface area contributed by atoms with Gasteiger partial charge in [-0.3, -0.25) is 9.69 Å². The Morgan fingerprint density at radius 1 is 1.23 bits per heavy atom. The summed E-state index contributed by atoms with van der Waals surface area (Å²) >= 11 is 1.63. The van der Waals surface area contributed by atoms with Crippen LogP contribution in [0.25, 0.3) is 0 Å². The summed E-state index contributed by atoms with van der Waals surface area (Å²) in [6.45, 7) is 4.87. The van der Waals surface area contributed by atoms with Gasteiger partial charge in [-0.1, -0.05) is 18.2 Å². The first kappa shape index (κ1) is 17.5. The first-order chi connectivity index (χ1) is 12.8. The smallest absolute Gasteiger partial charge is 0.251 e. The van der Waals surface area contributed by atoms with E-state index in [1.807, 2.05) is 35.2 Å². The van der Waals surface area contributed by atoms with Crippen molar-refractivity contribution in [1.82, 2.24) is 14.8 Å². The quantitative estimate of drug-likeness (QED) is 0.875. The van der Waals surface area contributed by atoms with Crippen LogP contribution in [0.2, 0.25) is 0 Å². The third kappa shape index (κ3) is 4.23. The molecule has 1 amide bonds. The Labute approximate surface area is 157 Å². The normalized spacial score (nSPS) is 21.1. The topological polar surface area (TPSA) is 57.7 Å². The number of nitrogens with zero attached hydrogens (tertiary/aromatic N) is 3. The number of aromatic nitrogens is 1. The van der Waals surface area contributed by atoms with Crippen LogP contribution in [0.3, 0.4) is 0 Å². The lowest BCUT2D eigenvalue weighted by Gasteiger charge is -2.35. The molecule has 7 heteroatoms. The molecule has 0 unspecified atom stereocenters. The molecule has 2 aliphatic rings. The van der Waals surface area contributed by atoms with Gasteiger partial charge in [0.1, 0.15) is 6.10 Å². The van der Waals surface area contributed by atoms with Crippen LogP contribution in [0.15, 0.2) is 35.7 Å². The molecule has 2 aliphatic heterocycles. The number of amides is 1. The lowest BCUT2D eigenvalue weighted by Crippen LogP contribution is -2.51. The molecule has 2 fully saturated rings. The maximum atomic E-state index is 12.4. The number of thiazole rings is 1. The highest BCUT2D eigenvalue weighted by atomic mass is 32.1. The minimum Gasteiger partial charge on any atom is -0.368 e. The number of nitrogens with one attached hydrogen (secondary N) is 1. The van der Waals surface area contributed by atoms with E-state index in [2.05, 4.69) is 20.6 Å². The molecule has 4 rings (SSSR count). The number of hydrogen-bond acceptors (Lipinski definition) is 6. The monoisotopic (exact) mass is 372 g/mol. The second-order valence-corrected chi connectivity index (χ2v) is 7.60. The van der Waals surface area contributed by atoms with E-state index >= 15 is 0 Å². The molecule has 0 radical (unpaired) electrons. The molecule has 138 valence electrons. The molecular weight excluding hydrogens is 348 g/mol. The van der Waals surface area contributed by atoms with Gasteiger partial charge in [-0.2, -0.15) is 0 Å². The van der Waals surface area contributed by atoms with Gasteiger partial charge in [-0.25, -0.2) is 4.98 Å². The highest BCUT2D eigenvalue weighted by molar-refractivity contribution is 7.13. The van der Waals surface area contributed by atoms with Crippen LogP contribution in [-0.4, -0.2) is 59.6 Å². The largest absolute Gasteiger partial charge is 0.368 e. The number of carbonyl (C=O) groups excluding carboxylic acids is 1. The summed E-state index contributed by atoms with van der Waals surface area (Å²) in [6, 6.07) is 10.1. The third-order valence-electron chi connectivity index (χ3n) is 4.85. The number of hydrogen-bond donors (Lipinski definition) is 1. The van der Waals surface area contributed by atoms with Gasteiger partial charge in [0.15, 0.2) is 5.13 Å². The van der Waals surface area contributed by atoms with Gasteiger partial charge in [0.2, 0.25) is 0 Å². The molecule has 1 atom stereocenters. The Kier molecular flexibility index (Phi) is 5.48. The second-order valence-electron chi connectivity index (χ2n) is 6.74. The highest BCUT2D eigenvalue weighted by Crippen LogP contribution is 2.22. The maximum absolute atomic E-state index is 12.4. The van der Waals surface area contributed by atoms with E-state index in [1.165, 1.54) is 0 Å². The lowest BCUT2D eigenvalue weighted by atomic mass is 10.2. The number of para-hydroxylation sites is 1. The Balaban J connectivity index is 1.26. The fourth-order valence-electron chi connectivity index (χ4n) is 3.41. The molecule has 6 nitrogen and oxygen atoms in total. The van der Waals surface area contributed by atoms with E-state index in [1.54, 1.807) is 11.3 Å². The van der Waals surface area contributed by atoms with Crippen molar-refractivity contribution in [3.63, 3.8) is 0 Å². The van der Waals surface area contributed by atoms with Gasteiger partial charge in [0.05, 0.1) is 5.69 Å². The Bertz CT molecular complexity index is 722. The molecule has 1 aromatic carbocycles. The zero-order chi connectivity index (χ0) is 17.8. The molecule has 0 saturated carbocycles. The average Bonchev–Trinajstić information content (AvgIpc) is 3.35. The zero-order valence-electron chi connectivity index (χ0n) is 14.8. The van der Waals surface area contributed by atoms with Crippen molar-refractivity contribution in [2.75, 3.05) is 38.1 Å². The summed E-state index contributed by atoms with van der Waals surface area (Å²) in [6.07, 6.45) is 1.67. The van der Waals surface area contributed by atoms with E-state index < -0.39 is 0 Å². The van der Waals surface area contributed by atoms with Crippen LogP contribution in [0.5, 0.6) is 0 Å². The van der Waals surface area contributed by atoms with E-state index in [4.69, 9.17) is 4.74 Å². The van der Waals surface area contributed by atoms with E-state index in [-0.39, 0.29) is 12.0 Å². The summed E-state index contributed by atoms with van der Waals surface area (Å²) in [5.41, 5.74) is 2.13. The highest BCUT2D eigenvalue weighted by Gasteiger charge is 2.30. The van der Waals surface area contributed by atoms with Gasteiger partial charge in [-0.05, 0) is 25.0 Å². The van der Waals surface area contributed by atoms with Crippen LogP contribution < -0.4 is 5.32 Å². The predicted octanol–water partition coefficient (Wildman–Crippen LogP) is 2.71. The molecule has 1 aromatic heterocycles. The minimum atomic E-state index is -0.202. The predicted molar refractivity (Wildman–Crippen MR) is 103 cm³/mol. The van der Waals surface area contributed by atoms with Crippen molar-refractivity contribution >= 4 is 28.1 Å². The van der Waals surface area contributed by atoms with Crippen molar-refractivity contribution in [2.45, 2.75) is 25.5 Å². The Hall–Kier alpha value is -1.96. The van der Waals surface area contributed by atoms with Crippen LogP contribution in [0.4, 0.5) is 10.8 Å². The van der Waals surface area contributed by atoms with Crippen molar-refractivity contribution < 1.29 is 9.53 Å². The van der Waals surface area contributed by atoms with Crippen LogP contribution in [0, 0.1) is 0 Å². The van der Waals surface area contributed by atoms with Crippen molar-refractivity contribution in [1.29, 1.82) is 0 Å². The van der Waals surface area contributed by atoms with Crippen LogP contribution in [-0.2, 0) is 16.1 Å². The third-order valence-corrected chi connectivity index (χ3v) is 5.66. The number of carbonyl (C=O) groups is 1. The molecule has 0 spiro atoms. The summed E-state index contributed by atoms with van der Waals surface area (Å²) in [7, 11) is 0. The van der Waals surface area contributed by atoms with Crippen molar-refractivity contribution in [2.24, 2.45) is 0 Å². The van der Waals surface area contributed by atoms with Gasteiger partial charge in [-0.15, -0.1) is 11.3 Å². The lowest BCUT2D eigenvalue weighted by molar-refractivity contribution is -0.142. The second kappa shape index (κ2) is 8.16. The van der Waals surface area contributed by atoms with E-state index in [9.17, 15) is 4.79 Å². The van der Waals surface area contributed by atoms with Crippen LogP contribution in [0.1, 0.15) is 18.5 Å². The Morgan fingerprint density at radius 3 is 2.77 bits per heavy atom. The first-order valence-corrected chi connectivity index (χ1v) is 10.0. The summed E-state index contributed by atoms with van der Waals surface area (Å²) in [5, 5.41) is 6.36. The fraction of sp³-hybridized carbons (Fsp3) is 0.474. The molecule has 26 heavy (non-hydrogen) atoms. The zero-order valence-corrected chi connectivity index (χ0v) is 15.6. The molecule has 2 aromatic rings. The summed E-state index contributed by atoms with van der Waals surface area (Å²) < 4.78 is 5.52. The molecule has 0 bridgehead atoms.